The fourth-order valence-electron chi connectivity index (χ4n) is 2.27. The lowest BCUT2D eigenvalue weighted by Crippen LogP contribution is -2.22. The predicted octanol–water partition coefficient (Wildman–Crippen LogP) is 2.32. The van der Waals surface area contributed by atoms with Gasteiger partial charge in [-0.05, 0) is 30.3 Å². The van der Waals surface area contributed by atoms with Crippen LogP contribution in [0.1, 0.15) is 0 Å². The first kappa shape index (κ1) is 22.0. The molecule has 152 valence electrons. The molecule has 0 aliphatic rings. The van der Waals surface area contributed by atoms with Crippen molar-refractivity contribution in [2.75, 3.05) is 26.4 Å². The Morgan fingerprint density at radius 3 is 2.43 bits per heavy atom. The zero-order valence-electron chi connectivity index (χ0n) is 15.4. The second-order valence-corrected chi connectivity index (χ2v) is 10.1. The van der Waals surface area contributed by atoms with Crippen molar-refractivity contribution in [3.05, 3.63) is 60.4 Å². The van der Waals surface area contributed by atoms with Gasteiger partial charge in [0.15, 0.2) is 9.84 Å². The third kappa shape index (κ3) is 5.16. The van der Waals surface area contributed by atoms with Crippen molar-refractivity contribution >= 4 is 19.9 Å². The minimum absolute atomic E-state index is 0.00716. The Morgan fingerprint density at radius 1 is 1.11 bits per heavy atom. The zero-order chi connectivity index (χ0) is 20.9. The summed E-state index contributed by atoms with van der Waals surface area (Å²) in [4.78, 5) is -0.219. The molecule has 0 saturated heterocycles. The second-order valence-electron chi connectivity index (χ2n) is 5.96. The molecule has 2 aromatic carbocycles. The van der Waals surface area contributed by atoms with E-state index in [1.807, 2.05) is 0 Å². The van der Waals surface area contributed by atoms with E-state index in [0.29, 0.717) is 0 Å². The molecule has 28 heavy (non-hydrogen) atoms. The van der Waals surface area contributed by atoms with E-state index in [2.05, 4.69) is 0 Å². The van der Waals surface area contributed by atoms with E-state index in [0.717, 1.165) is 10.4 Å². The number of nitrogens with zero attached hydrogens (tertiary/aromatic N) is 1. The molecule has 0 atom stereocenters. The lowest BCUT2D eigenvalue weighted by Gasteiger charge is -2.14. The van der Waals surface area contributed by atoms with Gasteiger partial charge in [-0.25, -0.2) is 25.5 Å². The number of halogens is 1. The van der Waals surface area contributed by atoms with E-state index in [1.54, 1.807) is 6.07 Å². The fourth-order valence-corrected chi connectivity index (χ4v) is 4.55. The van der Waals surface area contributed by atoms with Crippen LogP contribution in [0, 0.1) is 0 Å². The lowest BCUT2D eigenvalue weighted by atomic mass is 10.3. The molecule has 0 heterocycles. The van der Waals surface area contributed by atoms with Crippen molar-refractivity contribution in [1.82, 2.24) is 4.31 Å². The zero-order valence-corrected chi connectivity index (χ0v) is 17.0. The normalized spacial score (nSPS) is 13.0. The van der Waals surface area contributed by atoms with Crippen molar-refractivity contribution in [2.45, 2.75) is 9.79 Å². The summed E-state index contributed by atoms with van der Waals surface area (Å²) in [6.45, 7) is -0.118. The average molecular weight is 429 g/mol. The Hall–Kier alpha value is -2.27. The van der Waals surface area contributed by atoms with Crippen LogP contribution in [0.5, 0.6) is 11.5 Å². The van der Waals surface area contributed by atoms with Gasteiger partial charge in [0.25, 0.3) is 0 Å². The van der Waals surface area contributed by atoms with Crippen LogP contribution in [0.3, 0.4) is 0 Å². The van der Waals surface area contributed by atoms with E-state index < -0.39 is 31.4 Å². The van der Waals surface area contributed by atoms with Gasteiger partial charge in [-0.15, -0.1) is 0 Å². The number of para-hydroxylation sites is 1. The molecule has 7 nitrogen and oxygen atoms in total. The van der Waals surface area contributed by atoms with Crippen LogP contribution < -0.4 is 10.5 Å². The van der Waals surface area contributed by atoms with E-state index in [9.17, 15) is 21.2 Å². The van der Waals surface area contributed by atoms with Crippen LogP contribution in [0.4, 0.5) is 4.39 Å². The highest BCUT2D eigenvalue weighted by Gasteiger charge is 2.23. The summed E-state index contributed by atoms with van der Waals surface area (Å²) in [5.41, 5.74) is 5.20. The summed E-state index contributed by atoms with van der Waals surface area (Å²) in [5, 5.41) is 0. The SMILES string of the molecule is CN(C)S(=O)(=O)c1cccc(Oc2ccccc2S(=O)(=O)C/C(F)=C/CN)c1. The molecule has 0 aliphatic heterocycles. The fraction of sp³-hybridized carbons (Fsp3) is 0.222. The number of sulfone groups is 1. The van der Waals surface area contributed by atoms with Gasteiger partial charge in [0, 0.05) is 26.7 Å². The third-order valence-electron chi connectivity index (χ3n) is 3.66. The summed E-state index contributed by atoms with van der Waals surface area (Å²) in [7, 11) is -4.93. The molecule has 0 fully saturated rings. The summed E-state index contributed by atoms with van der Waals surface area (Å²) < 4.78 is 70.0. The average Bonchev–Trinajstić information content (AvgIpc) is 2.62. The van der Waals surface area contributed by atoms with Crippen molar-refractivity contribution in [3.63, 3.8) is 0 Å². The Bertz CT molecular complexity index is 1080. The van der Waals surface area contributed by atoms with Gasteiger partial charge in [-0.1, -0.05) is 18.2 Å². The van der Waals surface area contributed by atoms with Gasteiger partial charge < -0.3 is 10.5 Å². The van der Waals surface area contributed by atoms with Crippen LogP contribution in [-0.4, -0.2) is 47.5 Å². The monoisotopic (exact) mass is 428 g/mol. The van der Waals surface area contributed by atoms with Crippen LogP contribution >= 0.6 is 0 Å². The molecular weight excluding hydrogens is 407 g/mol. The molecule has 2 rings (SSSR count). The number of benzene rings is 2. The molecule has 0 saturated carbocycles. The Balaban J connectivity index is 2.41. The molecule has 0 bridgehead atoms. The van der Waals surface area contributed by atoms with Crippen LogP contribution in [0.15, 0.2) is 70.2 Å². The largest absolute Gasteiger partial charge is 0.456 e. The van der Waals surface area contributed by atoms with Crippen molar-refractivity contribution in [3.8, 4) is 11.5 Å². The summed E-state index contributed by atoms with van der Waals surface area (Å²) in [5.74, 6) is -1.62. The van der Waals surface area contributed by atoms with E-state index in [-0.39, 0.29) is 27.8 Å². The standard InChI is InChI=1S/C18H21FN2O5S2/c1-21(2)28(24,25)16-7-5-6-15(12-16)26-17-8-3-4-9-18(17)27(22,23)13-14(19)10-11-20/h3-10,12H,11,13,20H2,1-2H3/b14-10-. The maximum atomic E-state index is 13.7. The maximum absolute atomic E-state index is 13.7. The summed E-state index contributed by atoms with van der Waals surface area (Å²) in [6.07, 6.45) is 0.983. The van der Waals surface area contributed by atoms with Crippen molar-refractivity contribution in [1.29, 1.82) is 0 Å². The minimum atomic E-state index is -4.03. The highest BCUT2D eigenvalue weighted by molar-refractivity contribution is 7.91. The van der Waals surface area contributed by atoms with Crippen molar-refractivity contribution in [2.24, 2.45) is 5.73 Å². The van der Waals surface area contributed by atoms with Gasteiger partial charge in [0.2, 0.25) is 10.0 Å². The quantitative estimate of drug-likeness (QED) is 0.692. The number of sulfonamides is 1. The first-order valence-electron chi connectivity index (χ1n) is 8.15. The van der Waals surface area contributed by atoms with Gasteiger partial charge in [0.05, 0.1) is 4.90 Å². The Kier molecular flexibility index (Phi) is 6.94. The molecule has 10 heteroatoms. The molecular formula is C18H21FN2O5S2. The smallest absolute Gasteiger partial charge is 0.242 e. The number of ether oxygens (including phenoxy) is 1. The van der Waals surface area contributed by atoms with Gasteiger partial charge in [0.1, 0.15) is 28.0 Å². The van der Waals surface area contributed by atoms with Crippen LogP contribution in [0.25, 0.3) is 0 Å². The minimum Gasteiger partial charge on any atom is -0.456 e. The number of rotatable bonds is 8. The first-order chi connectivity index (χ1) is 13.1. The third-order valence-corrected chi connectivity index (χ3v) is 7.14. The lowest BCUT2D eigenvalue weighted by molar-refractivity contribution is 0.464. The second kappa shape index (κ2) is 8.82. The molecule has 0 spiro atoms. The summed E-state index contributed by atoms with van der Waals surface area (Å²) in [6, 6.07) is 11.4. The highest BCUT2D eigenvalue weighted by atomic mass is 32.2. The molecule has 2 aromatic rings. The van der Waals surface area contributed by atoms with Crippen molar-refractivity contribution < 1.29 is 26.0 Å². The van der Waals surface area contributed by atoms with Crippen LogP contribution in [0.2, 0.25) is 0 Å². The molecule has 0 radical (unpaired) electrons. The topological polar surface area (TPSA) is 107 Å². The first-order valence-corrected chi connectivity index (χ1v) is 11.2. The Morgan fingerprint density at radius 2 is 1.79 bits per heavy atom. The number of nitrogens with two attached hydrogens (primary N) is 1. The van der Waals surface area contributed by atoms with Gasteiger partial charge in [-0.3, -0.25) is 0 Å². The highest BCUT2D eigenvalue weighted by Crippen LogP contribution is 2.31. The molecule has 0 unspecified atom stereocenters. The number of hydrogen-bond donors (Lipinski definition) is 1. The molecule has 0 aromatic heterocycles. The predicted molar refractivity (Wildman–Crippen MR) is 104 cm³/mol. The summed E-state index contributed by atoms with van der Waals surface area (Å²) >= 11 is 0. The van der Waals surface area contributed by atoms with E-state index in [1.165, 1.54) is 56.6 Å². The van der Waals surface area contributed by atoms with E-state index in [4.69, 9.17) is 10.5 Å². The van der Waals surface area contributed by atoms with E-state index >= 15 is 0 Å². The molecule has 0 amide bonds. The number of hydrogen-bond acceptors (Lipinski definition) is 6. The Labute approximate surface area is 164 Å². The molecule has 0 aliphatic carbocycles. The van der Waals surface area contributed by atoms with Gasteiger partial charge >= 0.3 is 0 Å². The maximum Gasteiger partial charge on any atom is 0.242 e. The molecule has 2 N–H and O–H groups in total. The van der Waals surface area contributed by atoms with Crippen LogP contribution in [-0.2, 0) is 19.9 Å². The van der Waals surface area contributed by atoms with Gasteiger partial charge in [-0.2, -0.15) is 0 Å².